The van der Waals surface area contributed by atoms with Gasteiger partial charge < -0.3 is 9.47 Å². The predicted octanol–water partition coefficient (Wildman–Crippen LogP) is 6.61. The standard InChI is InChI=1S/C24H23BrCl2N2O2/c1-15-10-22(30-2)19(24(28-15)31-14-16-6-4-3-5-7-16)13-29-9-8-17-18(12-29)23(27)20(25)11-21(17)26/h3-7,10-11H,8-9,12-14H2,1-2H3. The van der Waals surface area contributed by atoms with E-state index in [0.717, 1.165) is 61.2 Å². The molecule has 4 rings (SSSR count). The van der Waals surface area contributed by atoms with Crippen molar-refractivity contribution in [2.24, 2.45) is 0 Å². The molecule has 2 aromatic carbocycles. The molecule has 0 aliphatic carbocycles. The fourth-order valence-electron chi connectivity index (χ4n) is 3.86. The minimum Gasteiger partial charge on any atom is -0.496 e. The Kier molecular flexibility index (Phi) is 7.07. The Bertz CT molecular complexity index is 1090. The molecule has 0 saturated heterocycles. The number of halogens is 3. The summed E-state index contributed by atoms with van der Waals surface area (Å²) in [6, 6.07) is 13.9. The minimum absolute atomic E-state index is 0.449. The highest BCUT2D eigenvalue weighted by Crippen LogP contribution is 2.38. The predicted molar refractivity (Wildman–Crippen MR) is 128 cm³/mol. The lowest BCUT2D eigenvalue weighted by Gasteiger charge is -2.31. The fourth-order valence-corrected chi connectivity index (χ4v) is 5.01. The molecule has 0 N–H and O–H groups in total. The Morgan fingerprint density at radius 1 is 1.13 bits per heavy atom. The number of pyridine rings is 1. The number of hydrogen-bond acceptors (Lipinski definition) is 4. The number of fused-ring (bicyclic) bond motifs is 1. The van der Waals surface area contributed by atoms with Gasteiger partial charge in [0.25, 0.3) is 0 Å². The second kappa shape index (κ2) is 9.78. The van der Waals surface area contributed by atoms with E-state index in [1.54, 1.807) is 7.11 Å². The summed E-state index contributed by atoms with van der Waals surface area (Å²) in [6.45, 7) is 4.59. The molecule has 1 aromatic heterocycles. The lowest BCUT2D eigenvalue weighted by Crippen LogP contribution is -2.31. The van der Waals surface area contributed by atoms with E-state index in [4.69, 9.17) is 32.7 Å². The smallest absolute Gasteiger partial charge is 0.222 e. The number of aryl methyl sites for hydroxylation is 1. The first-order valence-corrected chi connectivity index (χ1v) is 11.6. The summed E-state index contributed by atoms with van der Waals surface area (Å²) in [7, 11) is 1.68. The molecule has 0 unspecified atom stereocenters. The van der Waals surface area contributed by atoms with Gasteiger partial charge in [-0.15, -0.1) is 0 Å². The topological polar surface area (TPSA) is 34.6 Å². The zero-order chi connectivity index (χ0) is 22.0. The van der Waals surface area contributed by atoms with Crippen molar-refractivity contribution in [2.45, 2.75) is 33.0 Å². The third kappa shape index (κ3) is 5.01. The normalized spacial score (nSPS) is 13.7. The zero-order valence-electron chi connectivity index (χ0n) is 17.4. The van der Waals surface area contributed by atoms with Crippen molar-refractivity contribution in [1.29, 1.82) is 0 Å². The first-order chi connectivity index (χ1) is 15.0. The van der Waals surface area contributed by atoms with Crippen LogP contribution in [0.1, 0.15) is 27.9 Å². The van der Waals surface area contributed by atoms with Crippen molar-refractivity contribution < 1.29 is 9.47 Å². The minimum atomic E-state index is 0.449. The third-order valence-electron chi connectivity index (χ3n) is 5.43. The summed E-state index contributed by atoms with van der Waals surface area (Å²) in [5.41, 5.74) is 5.07. The van der Waals surface area contributed by atoms with Crippen LogP contribution in [0.3, 0.4) is 0 Å². The molecule has 0 atom stereocenters. The van der Waals surface area contributed by atoms with Crippen molar-refractivity contribution in [3.8, 4) is 11.6 Å². The highest BCUT2D eigenvalue weighted by atomic mass is 79.9. The molecule has 0 fully saturated rings. The summed E-state index contributed by atoms with van der Waals surface area (Å²) in [4.78, 5) is 6.99. The summed E-state index contributed by atoms with van der Waals surface area (Å²) in [5.74, 6) is 1.38. The van der Waals surface area contributed by atoms with Gasteiger partial charge in [-0.05, 0) is 52.0 Å². The monoisotopic (exact) mass is 520 g/mol. The molecule has 3 aromatic rings. The van der Waals surface area contributed by atoms with Gasteiger partial charge in [0, 0.05) is 40.9 Å². The molecule has 7 heteroatoms. The second-order valence-corrected chi connectivity index (χ2v) is 9.24. The Hall–Kier alpha value is -1.79. The van der Waals surface area contributed by atoms with Gasteiger partial charge in [0.1, 0.15) is 12.4 Å². The average molecular weight is 522 g/mol. The molecular formula is C24H23BrCl2N2O2. The molecule has 0 bridgehead atoms. The van der Waals surface area contributed by atoms with Crippen LogP contribution in [0.5, 0.6) is 11.6 Å². The van der Waals surface area contributed by atoms with Crippen molar-refractivity contribution in [3.05, 3.63) is 84.9 Å². The van der Waals surface area contributed by atoms with Crippen LogP contribution >= 0.6 is 39.1 Å². The lowest BCUT2D eigenvalue weighted by molar-refractivity contribution is 0.228. The summed E-state index contributed by atoms with van der Waals surface area (Å²) in [6.07, 6.45) is 0.836. The van der Waals surface area contributed by atoms with Gasteiger partial charge in [0.05, 0.1) is 17.7 Å². The lowest BCUT2D eigenvalue weighted by atomic mass is 9.99. The number of benzene rings is 2. The second-order valence-electron chi connectivity index (χ2n) is 7.60. The highest BCUT2D eigenvalue weighted by molar-refractivity contribution is 9.10. The van der Waals surface area contributed by atoms with Crippen molar-refractivity contribution in [1.82, 2.24) is 9.88 Å². The van der Waals surface area contributed by atoms with Crippen LogP contribution in [0.25, 0.3) is 0 Å². The third-order valence-corrected chi connectivity index (χ3v) is 7.06. The van der Waals surface area contributed by atoms with Crippen LogP contribution < -0.4 is 9.47 Å². The van der Waals surface area contributed by atoms with Crippen LogP contribution in [0.2, 0.25) is 10.0 Å². The van der Waals surface area contributed by atoms with Gasteiger partial charge in [-0.25, -0.2) is 4.98 Å². The van der Waals surface area contributed by atoms with Crippen LogP contribution in [0.15, 0.2) is 46.9 Å². The molecule has 0 saturated carbocycles. The molecule has 4 nitrogen and oxygen atoms in total. The van der Waals surface area contributed by atoms with Gasteiger partial charge in [-0.2, -0.15) is 0 Å². The molecule has 0 amide bonds. The van der Waals surface area contributed by atoms with E-state index < -0.39 is 0 Å². The first kappa shape index (κ1) is 22.4. The quantitative estimate of drug-likeness (QED) is 0.342. The highest BCUT2D eigenvalue weighted by Gasteiger charge is 2.25. The fraction of sp³-hybridized carbons (Fsp3) is 0.292. The largest absolute Gasteiger partial charge is 0.496 e. The molecule has 162 valence electrons. The SMILES string of the molecule is COc1cc(C)nc(OCc2ccccc2)c1CN1CCc2c(Cl)cc(Br)c(Cl)c2C1. The molecule has 0 spiro atoms. The number of aromatic nitrogens is 1. The summed E-state index contributed by atoms with van der Waals surface area (Å²) < 4.78 is 12.7. The van der Waals surface area contributed by atoms with E-state index in [2.05, 4.69) is 25.8 Å². The molecule has 1 aliphatic rings. The van der Waals surface area contributed by atoms with E-state index >= 15 is 0 Å². The van der Waals surface area contributed by atoms with E-state index in [9.17, 15) is 0 Å². The maximum atomic E-state index is 6.59. The van der Waals surface area contributed by atoms with Gasteiger partial charge in [-0.3, -0.25) is 4.90 Å². The number of rotatable bonds is 6. The van der Waals surface area contributed by atoms with Crippen molar-refractivity contribution >= 4 is 39.1 Å². The number of methoxy groups -OCH3 is 1. The summed E-state index contributed by atoms with van der Waals surface area (Å²) in [5, 5.41) is 1.48. The van der Waals surface area contributed by atoms with Crippen molar-refractivity contribution in [3.63, 3.8) is 0 Å². The molecule has 2 heterocycles. The molecule has 31 heavy (non-hydrogen) atoms. The zero-order valence-corrected chi connectivity index (χ0v) is 20.5. The van der Waals surface area contributed by atoms with Crippen LogP contribution in [0, 0.1) is 6.92 Å². The summed E-state index contributed by atoms with van der Waals surface area (Å²) >= 11 is 16.6. The maximum absolute atomic E-state index is 6.59. The molecule has 0 radical (unpaired) electrons. The molecule has 1 aliphatic heterocycles. The van der Waals surface area contributed by atoms with Gasteiger partial charge >= 0.3 is 0 Å². The molecular weight excluding hydrogens is 499 g/mol. The number of hydrogen-bond donors (Lipinski definition) is 0. The van der Waals surface area contributed by atoms with Crippen LogP contribution in [0.4, 0.5) is 0 Å². The van der Waals surface area contributed by atoms with E-state index in [1.807, 2.05) is 49.4 Å². The average Bonchev–Trinajstić information content (AvgIpc) is 2.78. The van der Waals surface area contributed by atoms with Gasteiger partial charge in [-0.1, -0.05) is 53.5 Å². The number of nitrogens with zero attached hydrogens (tertiary/aromatic N) is 2. The maximum Gasteiger partial charge on any atom is 0.222 e. The Balaban J connectivity index is 1.60. The van der Waals surface area contributed by atoms with Crippen LogP contribution in [-0.2, 0) is 26.1 Å². The van der Waals surface area contributed by atoms with Crippen LogP contribution in [-0.4, -0.2) is 23.5 Å². The Morgan fingerprint density at radius 3 is 2.65 bits per heavy atom. The Morgan fingerprint density at radius 2 is 1.90 bits per heavy atom. The van der Waals surface area contributed by atoms with Gasteiger partial charge in [0.2, 0.25) is 5.88 Å². The van der Waals surface area contributed by atoms with Crippen molar-refractivity contribution in [2.75, 3.05) is 13.7 Å². The first-order valence-electron chi connectivity index (χ1n) is 10.0. The Labute approximate surface area is 201 Å². The number of ether oxygens (including phenoxy) is 2. The van der Waals surface area contributed by atoms with E-state index in [0.29, 0.717) is 25.6 Å². The van der Waals surface area contributed by atoms with E-state index in [1.165, 1.54) is 0 Å². The van der Waals surface area contributed by atoms with Gasteiger partial charge in [0.15, 0.2) is 0 Å². The van der Waals surface area contributed by atoms with E-state index in [-0.39, 0.29) is 0 Å².